The van der Waals surface area contributed by atoms with Crippen LogP contribution in [-0.4, -0.2) is 52.0 Å². The second-order valence-electron chi connectivity index (χ2n) is 6.55. The van der Waals surface area contributed by atoms with Crippen LogP contribution in [0, 0.1) is 0 Å². The molecule has 0 bridgehead atoms. The highest BCUT2D eigenvalue weighted by atomic mass is 79.9. The van der Waals surface area contributed by atoms with Crippen LogP contribution in [0.5, 0.6) is 0 Å². The normalized spacial score (nSPS) is 19.5. The molecule has 2 aliphatic rings. The van der Waals surface area contributed by atoms with Crippen molar-refractivity contribution < 1.29 is 4.79 Å². The summed E-state index contributed by atoms with van der Waals surface area (Å²) in [7, 11) is 1.87. The lowest BCUT2D eigenvalue weighted by molar-refractivity contribution is 0.0736. The Morgan fingerprint density at radius 3 is 2.60 bits per heavy atom. The predicted molar refractivity (Wildman–Crippen MR) is 102 cm³/mol. The molecule has 2 aromatic rings. The van der Waals surface area contributed by atoms with Gasteiger partial charge in [-0.05, 0) is 50.1 Å². The van der Waals surface area contributed by atoms with Gasteiger partial charge < -0.3 is 10.2 Å². The van der Waals surface area contributed by atoms with E-state index in [0.29, 0.717) is 11.6 Å². The third kappa shape index (κ3) is 3.59. The Kier molecular flexibility index (Phi) is 5.46. The molecule has 1 aliphatic heterocycles. The Balaban J connectivity index is 0.00000182. The Bertz CT molecular complexity index is 753. The molecule has 1 aromatic heterocycles. The number of likely N-dealkylation sites (N-methyl/N-ethyl adjacent to an activating group) is 1. The zero-order valence-corrected chi connectivity index (χ0v) is 16.4. The Morgan fingerprint density at radius 1 is 1.28 bits per heavy atom. The lowest BCUT2D eigenvalue weighted by atomic mass is 10.1. The van der Waals surface area contributed by atoms with E-state index in [-0.39, 0.29) is 24.4 Å². The molecule has 134 valence electrons. The van der Waals surface area contributed by atoms with Gasteiger partial charge in [0.2, 0.25) is 0 Å². The van der Waals surface area contributed by atoms with Crippen LogP contribution < -0.4 is 5.32 Å². The number of hydrogen-bond acceptors (Lipinski definition) is 4. The summed E-state index contributed by atoms with van der Waals surface area (Å²) in [6.45, 7) is 1.81. The second-order valence-corrected chi connectivity index (χ2v) is 7.46. The van der Waals surface area contributed by atoms with Crippen molar-refractivity contribution in [3.05, 3.63) is 40.1 Å². The number of halogens is 2. The van der Waals surface area contributed by atoms with Crippen molar-refractivity contribution in [2.45, 2.75) is 31.2 Å². The number of hydrogen-bond donors (Lipinski definition) is 1. The number of aromatic nitrogens is 3. The molecule has 0 radical (unpaired) electrons. The average molecular weight is 427 g/mol. The molecule has 1 atom stereocenters. The van der Waals surface area contributed by atoms with Gasteiger partial charge in [-0.3, -0.25) is 4.79 Å². The van der Waals surface area contributed by atoms with E-state index >= 15 is 0 Å². The van der Waals surface area contributed by atoms with Gasteiger partial charge in [0.1, 0.15) is 0 Å². The van der Waals surface area contributed by atoms with Gasteiger partial charge in [-0.15, -0.1) is 17.5 Å². The Labute approximate surface area is 161 Å². The largest absolute Gasteiger partial charge is 0.336 e. The third-order valence-electron chi connectivity index (χ3n) is 4.85. The second kappa shape index (κ2) is 7.43. The maximum absolute atomic E-state index is 13.0. The van der Waals surface area contributed by atoms with Crippen LogP contribution in [0.1, 0.15) is 41.4 Å². The van der Waals surface area contributed by atoms with Gasteiger partial charge >= 0.3 is 0 Å². The summed E-state index contributed by atoms with van der Waals surface area (Å²) in [5.41, 5.74) is 2.41. The third-order valence-corrected chi connectivity index (χ3v) is 5.37. The molecule has 2 heterocycles. The SMILES string of the molecule is CN(C(=O)c1nnn(-c2ccc(Br)cc2)c1C1CC1)C1CCNC1.Cl. The molecule has 1 saturated carbocycles. The fraction of sp³-hybridized carbons (Fsp3) is 0.471. The fourth-order valence-electron chi connectivity index (χ4n) is 3.24. The van der Waals surface area contributed by atoms with Crippen molar-refractivity contribution in [2.75, 3.05) is 20.1 Å². The van der Waals surface area contributed by atoms with E-state index in [1.165, 1.54) is 0 Å². The molecule has 2 fully saturated rings. The fourth-order valence-corrected chi connectivity index (χ4v) is 3.50. The van der Waals surface area contributed by atoms with Crippen molar-refractivity contribution in [3.63, 3.8) is 0 Å². The summed E-state index contributed by atoms with van der Waals surface area (Å²) in [6.07, 6.45) is 3.18. The topological polar surface area (TPSA) is 63.1 Å². The van der Waals surface area contributed by atoms with Gasteiger partial charge in [-0.25, -0.2) is 4.68 Å². The molecule has 0 spiro atoms. The highest BCUT2D eigenvalue weighted by molar-refractivity contribution is 9.10. The van der Waals surface area contributed by atoms with Crippen LogP contribution in [-0.2, 0) is 0 Å². The monoisotopic (exact) mass is 425 g/mol. The number of benzene rings is 1. The van der Waals surface area contributed by atoms with Crippen molar-refractivity contribution in [1.82, 2.24) is 25.2 Å². The average Bonchev–Trinajstić information content (AvgIpc) is 3.12. The molecule has 1 amide bonds. The molecule has 4 rings (SSSR count). The highest BCUT2D eigenvalue weighted by Crippen LogP contribution is 2.42. The summed E-state index contributed by atoms with van der Waals surface area (Å²) >= 11 is 3.45. The minimum Gasteiger partial charge on any atom is -0.336 e. The first kappa shape index (κ1) is 18.4. The molecule has 1 unspecified atom stereocenters. The highest BCUT2D eigenvalue weighted by Gasteiger charge is 2.36. The molecule has 1 N–H and O–H groups in total. The quantitative estimate of drug-likeness (QED) is 0.816. The van der Waals surface area contributed by atoms with E-state index in [4.69, 9.17) is 0 Å². The van der Waals surface area contributed by atoms with Crippen molar-refractivity contribution in [1.29, 1.82) is 0 Å². The summed E-state index contributed by atoms with van der Waals surface area (Å²) in [4.78, 5) is 14.8. The number of carbonyl (C=O) groups is 1. The first-order chi connectivity index (χ1) is 11.6. The molecule has 1 saturated heterocycles. The van der Waals surface area contributed by atoms with Crippen molar-refractivity contribution in [3.8, 4) is 5.69 Å². The number of rotatable bonds is 4. The number of nitrogens with one attached hydrogen (secondary N) is 1. The van der Waals surface area contributed by atoms with E-state index in [1.54, 1.807) is 0 Å². The summed E-state index contributed by atoms with van der Waals surface area (Å²) in [5.74, 6) is 0.367. The molecule has 1 aliphatic carbocycles. The first-order valence-electron chi connectivity index (χ1n) is 8.34. The van der Waals surface area contributed by atoms with Crippen LogP contribution in [0.4, 0.5) is 0 Å². The van der Waals surface area contributed by atoms with Crippen LogP contribution >= 0.6 is 28.3 Å². The van der Waals surface area contributed by atoms with Crippen molar-refractivity contribution >= 4 is 34.2 Å². The Morgan fingerprint density at radius 2 is 2.00 bits per heavy atom. The molecular formula is C17H21BrClN5O. The molecule has 25 heavy (non-hydrogen) atoms. The maximum Gasteiger partial charge on any atom is 0.276 e. The molecule has 1 aromatic carbocycles. The molecular weight excluding hydrogens is 406 g/mol. The summed E-state index contributed by atoms with van der Waals surface area (Å²) in [6, 6.07) is 8.17. The molecule has 8 heteroatoms. The van der Waals surface area contributed by atoms with Crippen LogP contribution in [0.2, 0.25) is 0 Å². The number of nitrogens with zero attached hydrogens (tertiary/aromatic N) is 4. The summed E-state index contributed by atoms with van der Waals surface area (Å²) < 4.78 is 2.85. The lowest BCUT2D eigenvalue weighted by Gasteiger charge is -2.23. The Hall–Kier alpha value is -1.44. The van der Waals surface area contributed by atoms with Gasteiger partial charge in [-0.2, -0.15) is 0 Å². The van der Waals surface area contributed by atoms with Gasteiger partial charge in [0.25, 0.3) is 5.91 Å². The van der Waals surface area contributed by atoms with E-state index < -0.39 is 0 Å². The van der Waals surface area contributed by atoms with E-state index in [9.17, 15) is 4.79 Å². The molecule has 6 nitrogen and oxygen atoms in total. The first-order valence-corrected chi connectivity index (χ1v) is 9.14. The van der Waals surface area contributed by atoms with Gasteiger partial charge in [0.05, 0.1) is 11.4 Å². The predicted octanol–water partition coefficient (Wildman–Crippen LogP) is 2.76. The minimum atomic E-state index is -0.0195. The van der Waals surface area contributed by atoms with E-state index in [1.807, 2.05) is 40.9 Å². The summed E-state index contributed by atoms with van der Waals surface area (Å²) in [5, 5.41) is 11.9. The lowest BCUT2D eigenvalue weighted by Crippen LogP contribution is -2.39. The standard InChI is InChI=1S/C17H20BrN5O.ClH/c1-22(14-8-9-19-10-14)17(24)15-16(11-2-3-11)23(21-20-15)13-6-4-12(18)5-7-13;/h4-7,11,14,19H,2-3,8-10H2,1H3;1H. The van der Waals surface area contributed by atoms with E-state index in [2.05, 4.69) is 31.6 Å². The van der Waals surface area contributed by atoms with Gasteiger partial charge in [0, 0.05) is 30.0 Å². The maximum atomic E-state index is 13.0. The van der Waals surface area contributed by atoms with Gasteiger partial charge in [0.15, 0.2) is 5.69 Å². The smallest absolute Gasteiger partial charge is 0.276 e. The zero-order chi connectivity index (χ0) is 16.7. The number of carbonyl (C=O) groups excluding carboxylic acids is 1. The van der Waals surface area contributed by atoms with Crippen molar-refractivity contribution in [2.24, 2.45) is 0 Å². The van der Waals surface area contributed by atoms with Crippen LogP contribution in [0.3, 0.4) is 0 Å². The zero-order valence-electron chi connectivity index (χ0n) is 14.0. The van der Waals surface area contributed by atoms with E-state index in [0.717, 1.165) is 48.2 Å². The minimum absolute atomic E-state index is 0. The number of amides is 1. The van der Waals surface area contributed by atoms with Gasteiger partial charge in [-0.1, -0.05) is 21.1 Å². The van der Waals surface area contributed by atoms with Crippen LogP contribution in [0.25, 0.3) is 5.69 Å². The van der Waals surface area contributed by atoms with Crippen LogP contribution in [0.15, 0.2) is 28.7 Å².